The number of nitrogens with zero attached hydrogens (tertiary/aromatic N) is 1. The Kier molecular flexibility index (Phi) is 4.79. The number of likely N-dealkylation sites (N-methyl/N-ethyl adjacent to an activating group) is 1. The van der Waals surface area contributed by atoms with Crippen molar-refractivity contribution in [3.05, 3.63) is 35.4 Å². The van der Waals surface area contributed by atoms with Gasteiger partial charge in [0, 0.05) is 12.6 Å². The normalized spacial score (nSPS) is 20.8. The van der Waals surface area contributed by atoms with Crippen LogP contribution in [0.2, 0.25) is 0 Å². The number of fused-ring (bicyclic) bond motifs is 1. The van der Waals surface area contributed by atoms with E-state index in [1.165, 1.54) is 25.8 Å². The molecule has 2 nitrogen and oxygen atoms in total. The Morgan fingerprint density at radius 3 is 2.94 bits per heavy atom. The minimum absolute atomic E-state index is 0.311. The second-order valence-corrected chi connectivity index (χ2v) is 5.82. The highest BCUT2D eigenvalue weighted by molar-refractivity contribution is 5.32. The molecule has 0 bridgehead atoms. The zero-order valence-electron chi connectivity index (χ0n) is 11.7. The van der Waals surface area contributed by atoms with Crippen molar-refractivity contribution >= 4 is 0 Å². The number of rotatable bonds is 5. The minimum atomic E-state index is 0.311. The van der Waals surface area contributed by atoms with Crippen molar-refractivity contribution in [1.29, 1.82) is 0 Å². The van der Waals surface area contributed by atoms with Crippen LogP contribution < -0.4 is 5.73 Å². The molecule has 2 atom stereocenters. The van der Waals surface area contributed by atoms with E-state index in [1.54, 1.807) is 11.1 Å². The van der Waals surface area contributed by atoms with Gasteiger partial charge in [-0.3, -0.25) is 0 Å². The van der Waals surface area contributed by atoms with Crippen molar-refractivity contribution in [1.82, 2.24) is 4.90 Å². The third-order valence-electron chi connectivity index (χ3n) is 3.99. The van der Waals surface area contributed by atoms with Crippen LogP contribution in [0.4, 0.5) is 0 Å². The molecule has 0 aromatic heterocycles. The first-order valence-corrected chi connectivity index (χ1v) is 7.18. The zero-order chi connectivity index (χ0) is 13.0. The van der Waals surface area contributed by atoms with Gasteiger partial charge in [0.15, 0.2) is 0 Å². The van der Waals surface area contributed by atoms with Crippen molar-refractivity contribution in [2.24, 2.45) is 5.73 Å². The summed E-state index contributed by atoms with van der Waals surface area (Å²) in [6, 6.07) is 9.27. The third kappa shape index (κ3) is 3.56. The third-order valence-corrected chi connectivity index (χ3v) is 3.99. The van der Waals surface area contributed by atoms with Crippen molar-refractivity contribution in [2.45, 2.75) is 44.6 Å². The summed E-state index contributed by atoms with van der Waals surface area (Å²) in [4.78, 5) is 2.44. The van der Waals surface area contributed by atoms with Gasteiger partial charge < -0.3 is 10.6 Å². The van der Waals surface area contributed by atoms with Crippen molar-refractivity contribution in [3.63, 3.8) is 0 Å². The maximum absolute atomic E-state index is 5.82. The van der Waals surface area contributed by atoms with Gasteiger partial charge in [0.1, 0.15) is 0 Å². The van der Waals surface area contributed by atoms with E-state index in [9.17, 15) is 0 Å². The lowest BCUT2D eigenvalue weighted by Crippen LogP contribution is -2.30. The van der Waals surface area contributed by atoms with E-state index >= 15 is 0 Å². The fraction of sp³-hybridized carbons (Fsp3) is 0.625. The van der Waals surface area contributed by atoms with E-state index in [1.807, 2.05) is 0 Å². The molecule has 18 heavy (non-hydrogen) atoms. The van der Waals surface area contributed by atoms with Crippen LogP contribution >= 0.6 is 0 Å². The van der Waals surface area contributed by atoms with Gasteiger partial charge in [0.25, 0.3) is 0 Å². The van der Waals surface area contributed by atoms with Crippen LogP contribution in [0.1, 0.15) is 43.2 Å². The number of nitrogens with two attached hydrogens (primary N) is 1. The number of aryl methyl sites for hydroxylation is 1. The van der Waals surface area contributed by atoms with Crippen LogP contribution in [0.5, 0.6) is 0 Å². The first-order valence-electron chi connectivity index (χ1n) is 7.18. The van der Waals surface area contributed by atoms with Gasteiger partial charge >= 0.3 is 0 Å². The highest BCUT2D eigenvalue weighted by Gasteiger charge is 2.20. The summed E-state index contributed by atoms with van der Waals surface area (Å²) in [7, 11) is 2.22. The molecule has 0 spiro atoms. The molecule has 0 saturated carbocycles. The summed E-state index contributed by atoms with van der Waals surface area (Å²) in [5.41, 5.74) is 8.97. The fourth-order valence-corrected chi connectivity index (χ4v) is 2.94. The van der Waals surface area contributed by atoms with E-state index in [2.05, 4.69) is 43.1 Å². The van der Waals surface area contributed by atoms with E-state index in [-0.39, 0.29) is 0 Å². The van der Waals surface area contributed by atoms with Crippen LogP contribution in [0.15, 0.2) is 24.3 Å². The average Bonchev–Trinajstić information content (AvgIpc) is 2.37. The number of benzene rings is 1. The Hall–Kier alpha value is -0.860. The molecule has 2 unspecified atom stereocenters. The molecule has 0 fully saturated rings. The van der Waals surface area contributed by atoms with E-state index < -0.39 is 0 Å². The second kappa shape index (κ2) is 6.35. The maximum atomic E-state index is 5.82. The molecule has 0 heterocycles. The summed E-state index contributed by atoms with van der Waals surface area (Å²) in [6.45, 7) is 4.36. The van der Waals surface area contributed by atoms with Crippen molar-refractivity contribution < 1.29 is 0 Å². The predicted octanol–water partition coefficient (Wildman–Crippen LogP) is 2.78. The van der Waals surface area contributed by atoms with E-state index in [0.717, 1.165) is 13.0 Å². The Bertz CT molecular complexity index is 373. The van der Waals surface area contributed by atoms with Gasteiger partial charge in [-0.1, -0.05) is 24.3 Å². The summed E-state index contributed by atoms with van der Waals surface area (Å²) in [6.07, 6.45) is 5.02. The van der Waals surface area contributed by atoms with E-state index in [0.29, 0.717) is 12.0 Å². The monoisotopic (exact) mass is 246 g/mol. The van der Waals surface area contributed by atoms with Crippen molar-refractivity contribution in [2.75, 3.05) is 20.1 Å². The second-order valence-electron chi connectivity index (χ2n) is 5.82. The Balaban J connectivity index is 1.94. The lowest BCUT2D eigenvalue weighted by Gasteiger charge is -2.29. The van der Waals surface area contributed by atoms with Gasteiger partial charge in [-0.05, 0) is 63.2 Å². The van der Waals surface area contributed by atoms with Crippen molar-refractivity contribution in [3.8, 4) is 0 Å². The number of hydrogen-bond acceptors (Lipinski definition) is 2. The molecular formula is C16H26N2. The molecule has 2 heteroatoms. The molecular weight excluding hydrogens is 220 g/mol. The van der Waals surface area contributed by atoms with Crippen LogP contribution in [-0.4, -0.2) is 31.1 Å². The van der Waals surface area contributed by atoms with E-state index in [4.69, 9.17) is 5.73 Å². The Morgan fingerprint density at radius 1 is 1.39 bits per heavy atom. The summed E-state index contributed by atoms with van der Waals surface area (Å²) in [5, 5.41) is 0. The first kappa shape index (κ1) is 13.6. The molecule has 2 N–H and O–H groups in total. The van der Waals surface area contributed by atoms with Crippen LogP contribution in [0.3, 0.4) is 0 Å². The molecule has 1 aliphatic rings. The summed E-state index contributed by atoms with van der Waals surface area (Å²) in [5.74, 6) is 0.716. The minimum Gasteiger partial charge on any atom is -0.328 e. The first-order chi connectivity index (χ1) is 8.66. The quantitative estimate of drug-likeness (QED) is 0.865. The lowest BCUT2D eigenvalue weighted by molar-refractivity contribution is 0.288. The van der Waals surface area contributed by atoms with Gasteiger partial charge in [0.2, 0.25) is 0 Å². The molecule has 0 aliphatic heterocycles. The molecule has 0 amide bonds. The highest BCUT2D eigenvalue weighted by atomic mass is 15.1. The molecule has 100 valence electrons. The topological polar surface area (TPSA) is 29.3 Å². The zero-order valence-corrected chi connectivity index (χ0v) is 11.7. The van der Waals surface area contributed by atoms with Gasteiger partial charge in [-0.25, -0.2) is 0 Å². The Labute approximate surface area is 111 Å². The largest absolute Gasteiger partial charge is 0.328 e. The molecule has 1 aromatic carbocycles. The molecule has 2 rings (SSSR count). The SMILES string of the molecule is CC(N)CCN(C)CC1CCCc2ccccc21. The molecule has 0 saturated heterocycles. The summed E-state index contributed by atoms with van der Waals surface area (Å²) < 4.78 is 0. The molecule has 0 radical (unpaired) electrons. The highest BCUT2D eigenvalue weighted by Crippen LogP contribution is 2.31. The summed E-state index contributed by atoms with van der Waals surface area (Å²) >= 11 is 0. The Morgan fingerprint density at radius 2 is 2.17 bits per heavy atom. The van der Waals surface area contributed by atoms with Gasteiger partial charge in [0.05, 0.1) is 0 Å². The predicted molar refractivity (Wildman–Crippen MR) is 77.9 cm³/mol. The number of hydrogen-bond donors (Lipinski definition) is 1. The van der Waals surface area contributed by atoms with Crippen LogP contribution in [0, 0.1) is 0 Å². The van der Waals surface area contributed by atoms with Crippen LogP contribution in [0.25, 0.3) is 0 Å². The van der Waals surface area contributed by atoms with Crippen LogP contribution in [-0.2, 0) is 6.42 Å². The lowest BCUT2D eigenvalue weighted by atomic mass is 9.82. The fourth-order valence-electron chi connectivity index (χ4n) is 2.94. The maximum Gasteiger partial charge on any atom is 0.00473 e. The molecule has 1 aliphatic carbocycles. The smallest absolute Gasteiger partial charge is 0.00473 e. The molecule has 1 aromatic rings. The average molecular weight is 246 g/mol. The van der Waals surface area contributed by atoms with Gasteiger partial charge in [-0.2, -0.15) is 0 Å². The van der Waals surface area contributed by atoms with Gasteiger partial charge in [-0.15, -0.1) is 0 Å². The standard InChI is InChI=1S/C16H26N2/c1-13(17)10-11-18(2)12-15-8-5-7-14-6-3-4-9-16(14)15/h3-4,6,9,13,15H,5,7-8,10-12,17H2,1-2H3.